The standard InChI is InChI=1S/C23H31N5O2/c1-8-15(4)11-19-17(6)24-13-20-23(19)28(16(5)9-10-29-14(2)3)22(26-20)12-21-25-18(7)30-27-21/h1,13-16H,9-12H2,2-7H3/t15?,16-/m0/s1. The van der Waals surface area contributed by atoms with Crippen LogP contribution >= 0.6 is 0 Å². The summed E-state index contributed by atoms with van der Waals surface area (Å²) in [4.78, 5) is 13.9. The van der Waals surface area contributed by atoms with Gasteiger partial charge in [0, 0.05) is 36.7 Å². The van der Waals surface area contributed by atoms with Crippen LogP contribution in [0, 0.1) is 32.1 Å². The smallest absolute Gasteiger partial charge is 0.223 e. The molecule has 0 bridgehead atoms. The monoisotopic (exact) mass is 409 g/mol. The molecular weight excluding hydrogens is 378 g/mol. The molecule has 3 aromatic heterocycles. The fourth-order valence-corrected chi connectivity index (χ4v) is 3.66. The van der Waals surface area contributed by atoms with Crippen molar-refractivity contribution < 1.29 is 9.26 Å². The molecule has 160 valence electrons. The molecule has 7 nitrogen and oxygen atoms in total. The zero-order valence-electron chi connectivity index (χ0n) is 18.8. The van der Waals surface area contributed by atoms with Crippen molar-refractivity contribution in [2.75, 3.05) is 6.61 Å². The molecule has 0 aliphatic carbocycles. The van der Waals surface area contributed by atoms with Crippen molar-refractivity contribution in [2.24, 2.45) is 5.92 Å². The number of fused-ring (bicyclic) bond motifs is 1. The highest BCUT2D eigenvalue weighted by Crippen LogP contribution is 2.29. The van der Waals surface area contributed by atoms with Gasteiger partial charge in [0.15, 0.2) is 5.82 Å². The van der Waals surface area contributed by atoms with Crippen LogP contribution < -0.4 is 0 Å². The Kier molecular flexibility index (Phi) is 6.88. The van der Waals surface area contributed by atoms with Crippen molar-refractivity contribution in [3.63, 3.8) is 0 Å². The second-order valence-electron chi connectivity index (χ2n) is 8.19. The number of terminal acetylenes is 1. The molecule has 0 saturated carbocycles. The van der Waals surface area contributed by atoms with Crippen molar-refractivity contribution in [2.45, 2.75) is 73.0 Å². The van der Waals surface area contributed by atoms with Crippen molar-refractivity contribution in [1.29, 1.82) is 0 Å². The zero-order chi connectivity index (χ0) is 21.8. The number of aryl methyl sites for hydroxylation is 2. The fourth-order valence-electron chi connectivity index (χ4n) is 3.66. The Balaban J connectivity index is 2.09. The number of ether oxygens (including phenoxy) is 1. The number of aromatic nitrogens is 5. The van der Waals surface area contributed by atoms with E-state index < -0.39 is 0 Å². The molecule has 30 heavy (non-hydrogen) atoms. The lowest BCUT2D eigenvalue weighted by molar-refractivity contribution is 0.0706. The molecule has 3 aromatic rings. The van der Waals surface area contributed by atoms with Gasteiger partial charge < -0.3 is 13.8 Å². The van der Waals surface area contributed by atoms with E-state index in [1.54, 1.807) is 6.92 Å². The number of imidazole rings is 1. The number of pyridine rings is 1. The van der Waals surface area contributed by atoms with Gasteiger partial charge in [0.25, 0.3) is 0 Å². The molecule has 1 unspecified atom stereocenters. The molecule has 0 fully saturated rings. The SMILES string of the molecule is C#CC(C)Cc1c(C)ncc2nc(Cc3noc(C)n3)n([C@@H](C)CCOC(C)C)c12. The van der Waals surface area contributed by atoms with Gasteiger partial charge in [-0.1, -0.05) is 12.1 Å². The van der Waals surface area contributed by atoms with Crippen LogP contribution in [-0.4, -0.2) is 37.4 Å². The minimum absolute atomic E-state index is 0.113. The Hall–Kier alpha value is -2.72. The molecule has 0 aliphatic heterocycles. The molecule has 0 spiro atoms. The Bertz CT molecular complexity index is 1040. The average molecular weight is 410 g/mol. The molecule has 0 aliphatic rings. The van der Waals surface area contributed by atoms with E-state index in [9.17, 15) is 0 Å². The maximum atomic E-state index is 5.81. The quantitative estimate of drug-likeness (QED) is 0.493. The third-order valence-electron chi connectivity index (χ3n) is 5.22. The number of hydrogen-bond acceptors (Lipinski definition) is 6. The van der Waals surface area contributed by atoms with Crippen LogP contribution in [0.3, 0.4) is 0 Å². The van der Waals surface area contributed by atoms with Gasteiger partial charge in [0.05, 0.1) is 24.2 Å². The summed E-state index contributed by atoms with van der Waals surface area (Å²) in [5.41, 5.74) is 4.10. The van der Waals surface area contributed by atoms with Crippen LogP contribution in [0.15, 0.2) is 10.7 Å². The predicted molar refractivity (Wildman–Crippen MR) is 116 cm³/mol. The molecule has 0 saturated heterocycles. The first-order valence-corrected chi connectivity index (χ1v) is 10.5. The van der Waals surface area contributed by atoms with Crippen LogP contribution in [-0.2, 0) is 17.6 Å². The minimum atomic E-state index is 0.113. The lowest BCUT2D eigenvalue weighted by Gasteiger charge is -2.20. The van der Waals surface area contributed by atoms with E-state index in [2.05, 4.69) is 53.3 Å². The maximum Gasteiger partial charge on any atom is 0.223 e. The van der Waals surface area contributed by atoms with E-state index in [1.807, 2.05) is 13.1 Å². The highest BCUT2D eigenvalue weighted by Gasteiger charge is 2.22. The van der Waals surface area contributed by atoms with Gasteiger partial charge in [0.1, 0.15) is 11.3 Å². The Morgan fingerprint density at radius 1 is 1.20 bits per heavy atom. The first-order chi connectivity index (χ1) is 14.3. The van der Waals surface area contributed by atoms with Crippen molar-refractivity contribution in [3.05, 3.63) is 35.0 Å². The molecule has 0 amide bonds. The second kappa shape index (κ2) is 9.40. The summed E-state index contributed by atoms with van der Waals surface area (Å²) in [7, 11) is 0. The van der Waals surface area contributed by atoms with Gasteiger partial charge in [-0.05, 0) is 40.5 Å². The summed E-state index contributed by atoms with van der Waals surface area (Å²) in [6.45, 7) is 12.9. The zero-order valence-corrected chi connectivity index (χ0v) is 18.8. The molecule has 3 heterocycles. The van der Waals surface area contributed by atoms with E-state index >= 15 is 0 Å². The van der Waals surface area contributed by atoms with Gasteiger partial charge in [-0.25, -0.2) is 4.98 Å². The lowest BCUT2D eigenvalue weighted by atomic mass is 9.99. The summed E-state index contributed by atoms with van der Waals surface area (Å²) in [5.74, 6) is 5.02. The Labute approximate surface area is 178 Å². The van der Waals surface area contributed by atoms with Crippen molar-refractivity contribution in [1.82, 2.24) is 24.7 Å². The molecule has 0 N–H and O–H groups in total. The van der Waals surface area contributed by atoms with E-state index in [4.69, 9.17) is 20.7 Å². The molecule has 2 atom stereocenters. The highest BCUT2D eigenvalue weighted by molar-refractivity contribution is 5.80. The summed E-state index contributed by atoms with van der Waals surface area (Å²) in [6.07, 6.45) is 9.84. The molecule has 0 radical (unpaired) electrons. The minimum Gasteiger partial charge on any atom is -0.379 e. The van der Waals surface area contributed by atoms with Crippen molar-refractivity contribution >= 4 is 11.0 Å². The lowest BCUT2D eigenvalue weighted by Crippen LogP contribution is -2.15. The Morgan fingerprint density at radius 3 is 2.60 bits per heavy atom. The normalized spacial score (nSPS) is 13.7. The first kappa shape index (κ1) is 22.0. The second-order valence-corrected chi connectivity index (χ2v) is 8.19. The largest absolute Gasteiger partial charge is 0.379 e. The molecule has 7 heteroatoms. The maximum absolute atomic E-state index is 5.81. The predicted octanol–water partition coefficient (Wildman–Crippen LogP) is 4.21. The van der Waals surface area contributed by atoms with E-state index in [0.29, 0.717) is 24.7 Å². The first-order valence-electron chi connectivity index (χ1n) is 10.5. The number of hydrogen-bond donors (Lipinski definition) is 0. The summed E-state index contributed by atoms with van der Waals surface area (Å²) in [6, 6.07) is 0.179. The van der Waals surface area contributed by atoms with Gasteiger partial charge in [-0.3, -0.25) is 4.98 Å². The molecule has 0 aromatic carbocycles. The third-order valence-corrected chi connectivity index (χ3v) is 5.22. The molecule has 3 rings (SSSR count). The van der Waals surface area contributed by atoms with E-state index in [1.165, 1.54) is 0 Å². The number of rotatable bonds is 9. The van der Waals surface area contributed by atoms with Crippen molar-refractivity contribution in [3.8, 4) is 12.3 Å². The van der Waals surface area contributed by atoms with Crippen LogP contribution in [0.4, 0.5) is 0 Å². The summed E-state index contributed by atoms with van der Waals surface area (Å²) < 4.78 is 13.3. The van der Waals surface area contributed by atoms with Gasteiger partial charge in [-0.2, -0.15) is 4.98 Å². The molecular formula is C23H31N5O2. The van der Waals surface area contributed by atoms with Crippen LogP contribution in [0.2, 0.25) is 0 Å². The van der Waals surface area contributed by atoms with E-state index in [0.717, 1.165) is 41.0 Å². The van der Waals surface area contributed by atoms with Crippen LogP contribution in [0.1, 0.15) is 69.0 Å². The van der Waals surface area contributed by atoms with Crippen LogP contribution in [0.5, 0.6) is 0 Å². The van der Waals surface area contributed by atoms with Gasteiger partial charge in [0.2, 0.25) is 5.89 Å². The third kappa shape index (κ3) is 4.88. The highest BCUT2D eigenvalue weighted by atomic mass is 16.5. The van der Waals surface area contributed by atoms with Gasteiger partial charge >= 0.3 is 0 Å². The number of nitrogens with zero attached hydrogens (tertiary/aromatic N) is 5. The summed E-state index contributed by atoms with van der Waals surface area (Å²) in [5, 5.41) is 4.06. The fraction of sp³-hybridized carbons (Fsp3) is 0.565. The summed E-state index contributed by atoms with van der Waals surface area (Å²) >= 11 is 0. The van der Waals surface area contributed by atoms with E-state index in [-0.39, 0.29) is 18.1 Å². The Morgan fingerprint density at radius 2 is 1.97 bits per heavy atom. The average Bonchev–Trinajstić information content (AvgIpc) is 3.26. The van der Waals surface area contributed by atoms with Crippen LogP contribution in [0.25, 0.3) is 11.0 Å². The van der Waals surface area contributed by atoms with Gasteiger partial charge in [-0.15, -0.1) is 12.3 Å². The topological polar surface area (TPSA) is 78.9 Å².